The summed E-state index contributed by atoms with van der Waals surface area (Å²) in [6.45, 7) is 9.98. The van der Waals surface area contributed by atoms with Crippen LogP contribution < -0.4 is 15.5 Å². The Kier molecular flexibility index (Phi) is 14.6. The molecule has 61 heavy (non-hydrogen) atoms. The molecular formula is C48H62FN7O5. The summed E-state index contributed by atoms with van der Waals surface area (Å²) in [7, 11) is 4.30. The Morgan fingerprint density at radius 1 is 0.820 bits per heavy atom. The summed E-state index contributed by atoms with van der Waals surface area (Å²) in [6.07, 6.45) is 8.45. The van der Waals surface area contributed by atoms with Crippen molar-refractivity contribution in [2.45, 2.75) is 95.7 Å². The van der Waals surface area contributed by atoms with Gasteiger partial charge >= 0.3 is 0 Å². The Balaban J connectivity index is 0.733. The molecule has 4 amide bonds. The molecule has 3 saturated heterocycles. The standard InChI is InChI=1S/C48H62FN7O5/c1-33-12-11-14-42(49)40(33)30-54-31-41(44(32-54)52(2)3)34-15-18-36(19-16-34)55-26-24-53(25-27-55)23-10-8-6-4-5-7-9-13-37(57)29-50-35-17-20-38-39(28-35)48(61)56(47(38)60)43-21-22-45(58)51-46(43)59/h11-12,14-20,28,41,43-44,50H,4-10,13,21-27,29-32H2,1-3H3,(H,51,58,59)/t41-,43?,44+/m1/s1. The summed E-state index contributed by atoms with van der Waals surface area (Å²) in [4.78, 5) is 73.2. The van der Waals surface area contributed by atoms with E-state index in [-0.39, 0.29) is 42.1 Å². The Morgan fingerprint density at radius 3 is 2.23 bits per heavy atom. The van der Waals surface area contributed by atoms with Crippen LogP contribution in [0.3, 0.4) is 0 Å². The number of carbonyl (C=O) groups excluding carboxylic acids is 5. The summed E-state index contributed by atoms with van der Waals surface area (Å²) >= 11 is 0. The minimum atomic E-state index is -1.01. The van der Waals surface area contributed by atoms with Gasteiger partial charge in [-0.3, -0.25) is 44.0 Å². The maximum absolute atomic E-state index is 14.6. The fourth-order valence-corrected chi connectivity index (χ4v) is 9.51. The number of piperidine rings is 1. The summed E-state index contributed by atoms with van der Waals surface area (Å²) in [5, 5.41) is 5.28. The zero-order valence-corrected chi connectivity index (χ0v) is 36.1. The van der Waals surface area contributed by atoms with Crippen LogP contribution in [0.25, 0.3) is 0 Å². The van der Waals surface area contributed by atoms with Gasteiger partial charge in [-0.25, -0.2) is 4.39 Å². The Labute approximate surface area is 359 Å². The summed E-state index contributed by atoms with van der Waals surface area (Å²) < 4.78 is 14.6. The van der Waals surface area contributed by atoms with Crippen LogP contribution in [-0.4, -0.2) is 128 Å². The van der Waals surface area contributed by atoms with E-state index in [4.69, 9.17) is 0 Å². The SMILES string of the molecule is Cc1cccc(F)c1CN1C[C@H](c2ccc(N3CCN(CCCCCCCCCC(=O)CNc4ccc5c(c4)C(=O)N(C4CCC(=O)NC4=O)C5=O)CC3)cc2)[C@@H](N(C)C)C1. The molecule has 3 aromatic rings. The van der Waals surface area contributed by atoms with Gasteiger partial charge in [0.05, 0.1) is 17.7 Å². The largest absolute Gasteiger partial charge is 0.378 e. The number of halogens is 1. The first-order valence-electron chi connectivity index (χ1n) is 22.3. The van der Waals surface area contributed by atoms with Gasteiger partial charge in [0.15, 0.2) is 5.78 Å². The molecule has 3 atom stereocenters. The molecule has 3 aromatic carbocycles. The maximum Gasteiger partial charge on any atom is 0.262 e. The molecule has 4 aliphatic rings. The van der Waals surface area contributed by atoms with Gasteiger partial charge in [-0.1, -0.05) is 56.4 Å². The van der Waals surface area contributed by atoms with Crippen molar-refractivity contribution in [1.82, 2.24) is 24.9 Å². The van der Waals surface area contributed by atoms with Gasteiger partial charge in [-0.15, -0.1) is 0 Å². The highest BCUT2D eigenvalue weighted by Crippen LogP contribution is 2.34. The molecule has 4 aliphatic heterocycles. The molecule has 12 nitrogen and oxygen atoms in total. The molecule has 0 radical (unpaired) electrons. The average Bonchev–Trinajstić information content (AvgIpc) is 3.79. The molecule has 0 aliphatic carbocycles. The van der Waals surface area contributed by atoms with Crippen molar-refractivity contribution < 1.29 is 28.4 Å². The number of nitrogens with zero attached hydrogens (tertiary/aromatic N) is 5. The van der Waals surface area contributed by atoms with Crippen LogP contribution in [0.2, 0.25) is 0 Å². The zero-order valence-electron chi connectivity index (χ0n) is 36.1. The van der Waals surface area contributed by atoms with Crippen molar-refractivity contribution in [2.75, 3.05) is 76.7 Å². The second-order valence-corrected chi connectivity index (χ2v) is 17.6. The van der Waals surface area contributed by atoms with Crippen molar-refractivity contribution in [3.8, 4) is 0 Å². The lowest BCUT2D eigenvalue weighted by Crippen LogP contribution is -2.54. The van der Waals surface area contributed by atoms with E-state index in [0.717, 1.165) is 81.1 Å². The molecule has 13 heteroatoms. The van der Waals surface area contributed by atoms with Crippen molar-refractivity contribution in [1.29, 1.82) is 0 Å². The Hall–Kier alpha value is -4.98. The molecule has 326 valence electrons. The summed E-state index contributed by atoms with van der Waals surface area (Å²) in [6, 6.07) is 18.7. The van der Waals surface area contributed by atoms with E-state index < -0.39 is 29.7 Å². The number of unbranched alkanes of at least 4 members (excludes halogenated alkanes) is 6. The number of fused-ring (bicyclic) bond motifs is 1. The zero-order chi connectivity index (χ0) is 43.0. The number of aryl methyl sites for hydroxylation is 1. The number of anilines is 2. The first-order valence-corrected chi connectivity index (χ1v) is 22.3. The normalized spacial score (nSPS) is 21.1. The van der Waals surface area contributed by atoms with Crippen molar-refractivity contribution in [3.63, 3.8) is 0 Å². The van der Waals surface area contributed by atoms with Crippen LogP contribution in [0.5, 0.6) is 0 Å². The number of likely N-dealkylation sites (tertiary alicyclic amines) is 1. The van der Waals surface area contributed by atoms with Gasteiger partial charge in [-0.05, 0) is 94.4 Å². The number of imide groups is 2. The van der Waals surface area contributed by atoms with Crippen LogP contribution in [0.4, 0.5) is 15.8 Å². The number of Topliss-reactive ketones (excluding diaryl/α,β-unsaturated/α-hetero) is 1. The van der Waals surface area contributed by atoms with Crippen LogP contribution in [0.15, 0.2) is 60.7 Å². The minimum absolute atomic E-state index is 0.0677. The number of hydrogen-bond donors (Lipinski definition) is 2. The molecule has 2 N–H and O–H groups in total. The van der Waals surface area contributed by atoms with Crippen LogP contribution in [-0.2, 0) is 20.9 Å². The van der Waals surface area contributed by atoms with E-state index in [0.29, 0.717) is 30.6 Å². The Bertz CT molecular complexity index is 2050. The van der Waals surface area contributed by atoms with Crippen molar-refractivity contribution in [3.05, 3.63) is 94.3 Å². The predicted octanol–water partition coefficient (Wildman–Crippen LogP) is 5.99. The number of nitrogens with one attached hydrogen (secondary N) is 2. The van der Waals surface area contributed by atoms with E-state index in [1.807, 2.05) is 13.0 Å². The topological polar surface area (TPSA) is 126 Å². The van der Waals surface area contributed by atoms with Gasteiger partial charge < -0.3 is 15.1 Å². The number of hydrogen-bond acceptors (Lipinski definition) is 10. The first kappa shape index (κ1) is 44.1. The van der Waals surface area contributed by atoms with E-state index in [1.54, 1.807) is 30.3 Å². The summed E-state index contributed by atoms with van der Waals surface area (Å²) in [5.74, 6) is -1.81. The monoisotopic (exact) mass is 835 g/mol. The molecule has 0 spiro atoms. The molecule has 0 aromatic heterocycles. The van der Waals surface area contributed by atoms with E-state index in [1.165, 1.54) is 36.9 Å². The fraction of sp³-hybridized carbons (Fsp3) is 0.521. The smallest absolute Gasteiger partial charge is 0.262 e. The van der Waals surface area contributed by atoms with E-state index in [9.17, 15) is 28.4 Å². The third-order valence-electron chi connectivity index (χ3n) is 13.2. The van der Waals surface area contributed by atoms with Crippen LogP contribution in [0, 0.1) is 12.7 Å². The van der Waals surface area contributed by atoms with Crippen molar-refractivity contribution >= 4 is 40.8 Å². The molecule has 1 unspecified atom stereocenters. The third kappa shape index (κ3) is 10.7. The second kappa shape index (κ2) is 20.3. The van der Waals surface area contributed by atoms with Crippen LogP contribution >= 0.6 is 0 Å². The lowest BCUT2D eigenvalue weighted by atomic mass is 9.93. The average molecular weight is 836 g/mol. The van der Waals surface area contributed by atoms with E-state index in [2.05, 4.69) is 68.6 Å². The highest BCUT2D eigenvalue weighted by atomic mass is 19.1. The number of rotatable bonds is 19. The molecule has 7 rings (SSSR count). The molecule has 3 fully saturated rings. The number of likely N-dealkylation sites (N-methyl/N-ethyl adjacent to an activating group) is 1. The lowest BCUT2D eigenvalue weighted by Gasteiger charge is -2.36. The number of carbonyl (C=O) groups is 5. The van der Waals surface area contributed by atoms with Crippen LogP contribution in [0.1, 0.15) is 108 Å². The highest BCUT2D eigenvalue weighted by molar-refractivity contribution is 6.23. The van der Waals surface area contributed by atoms with E-state index >= 15 is 0 Å². The van der Waals surface area contributed by atoms with Gasteiger partial charge in [0.1, 0.15) is 11.9 Å². The van der Waals surface area contributed by atoms with Gasteiger partial charge in [0.25, 0.3) is 11.8 Å². The molecular weight excluding hydrogens is 774 g/mol. The third-order valence-corrected chi connectivity index (χ3v) is 13.2. The van der Waals surface area contributed by atoms with Crippen molar-refractivity contribution in [2.24, 2.45) is 0 Å². The summed E-state index contributed by atoms with van der Waals surface area (Å²) in [5.41, 5.74) is 5.43. The Morgan fingerprint density at radius 2 is 1.52 bits per heavy atom. The maximum atomic E-state index is 14.6. The quantitative estimate of drug-likeness (QED) is 0.110. The van der Waals surface area contributed by atoms with Gasteiger partial charge in [-0.2, -0.15) is 0 Å². The second-order valence-electron chi connectivity index (χ2n) is 17.6. The first-order chi connectivity index (χ1) is 29.5. The number of ketones is 1. The minimum Gasteiger partial charge on any atom is -0.378 e. The highest BCUT2D eigenvalue weighted by Gasteiger charge is 2.44. The fourth-order valence-electron chi connectivity index (χ4n) is 9.51. The number of amides is 4. The number of piperazine rings is 1. The molecule has 4 heterocycles. The van der Waals surface area contributed by atoms with Gasteiger partial charge in [0.2, 0.25) is 11.8 Å². The van der Waals surface area contributed by atoms with Gasteiger partial charge in [0, 0.05) is 87.6 Å². The molecule has 0 bridgehead atoms. The lowest BCUT2D eigenvalue weighted by molar-refractivity contribution is -0.136. The predicted molar refractivity (Wildman–Crippen MR) is 235 cm³/mol. The number of benzene rings is 3. The molecule has 0 saturated carbocycles.